The van der Waals surface area contributed by atoms with Crippen LogP contribution in [0.3, 0.4) is 0 Å². The fourth-order valence-corrected chi connectivity index (χ4v) is 1.73. The first-order valence-electron chi connectivity index (χ1n) is 6.19. The summed E-state index contributed by atoms with van der Waals surface area (Å²) < 4.78 is 5.34. The molecule has 0 fully saturated rings. The van der Waals surface area contributed by atoms with Crippen molar-refractivity contribution in [3.63, 3.8) is 0 Å². The van der Waals surface area contributed by atoms with Gasteiger partial charge in [-0.05, 0) is 5.41 Å². The summed E-state index contributed by atoms with van der Waals surface area (Å²) in [6, 6.07) is 0. The number of nitrogens with zero attached hydrogens (tertiary/aromatic N) is 1. The Hall–Kier alpha value is -1.85. The van der Waals surface area contributed by atoms with E-state index in [2.05, 4.69) is 10.3 Å². The summed E-state index contributed by atoms with van der Waals surface area (Å²) in [5.74, 6) is -1.66. The molecule has 1 aromatic heterocycles. The van der Waals surface area contributed by atoms with Crippen molar-refractivity contribution < 1.29 is 19.1 Å². The Kier molecular flexibility index (Phi) is 4.69. The van der Waals surface area contributed by atoms with E-state index in [1.165, 1.54) is 0 Å². The maximum atomic E-state index is 11.9. The molecule has 0 aliphatic carbocycles. The SMILES string of the molecule is CCc1cnc(CNC(=O)C(C(=O)O)C(C)(C)C)o1. The fourth-order valence-electron chi connectivity index (χ4n) is 1.73. The molecule has 0 spiro atoms. The number of aryl methyl sites for hydroxylation is 1. The number of hydrogen-bond donors (Lipinski definition) is 2. The van der Waals surface area contributed by atoms with Crippen LogP contribution in [0.2, 0.25) is 0 Å². The number of hydrogen-bond acceptors (Lipinski definition) is 4. The number of amides is 1. The van der Waals surface area contributed by atoms with Gasteiger partial charge in [-0.15, -0.1) is 0 Å². The Bertz CT molecular complexity index is 459. The van der Waals surface area contributed by atoms with Crippen molar-refractivity contribution in [3.05, 3.63) is 17.8 Å². The summed E-state index contributed by atoms with van der Waals surface area (Å²) in [5, 5.41) is 11.7. The van der Waals surface area contributed by atoms with Gasteiger partial charge in [-0.2, -0.15) is 0 Å². The Morgan fingerprint density at radius 3 is 2.53 bits per heavy atom. The summed E-state index contributed by atoms with van der Waals surface area (Å²) in [6.45, 7) is 7.17. The summed E-state index contributed by atoms with van der Waals surface area (Å²) in [5.41, 5.74) is -0.652. The van der Waals surface area contributed by atoms with E-state index < -0.39 is 23.2 Å². The zero-order chi connectivity index (χ0) is 14.6. The molecule has 6 nitrogen and oxygen atoms in total. The fraction of sp³-hybridized carbons (Fsp3) is 0.615. The minimum Gasteiger partial charge on any atom is -0.481 e. The van der Waals surface area contributed by atoms with E-state index in [4.69, 9.17) is 9.52 Å². The van der Waals surface area contributed by atoms with E-state index in [1.807, 2.05) is 6.92 Å². The summed E-state index contributed by atoms with van der Waals surface area (Å²) in [6.07, 6.45) is 2.32. The highest BCUT2D eigenvalue weighted by Crippen LogP contribution is 2.26. The van der Waals surface area contributed by atoms with E-state index in [-0.39, 0.29) is 6.54 Å². The molecule has 1 unspecified atom stereocenters. The molecule has 6 heteroatoms. The maximum absolute atomic E-state index is 11.9. The number of rotatable bonds is 5. The first-order valence-corrected chi connectivity index (χ1v) is 6.19. The number of nitrogens with one attached hydrogen (secondary N) is 1. The summed E-state index contributed by atoms with van der Waals surface area (Å²) in [4.78, 5) is 27.1. The lowest BCUT2D eigenvalue weighted by Crippen LogP contribution is -2.42. The molecule has 19 heavy (non-hydrogen) atoms. The van der Waals surface area contributed by atoms with Crippen molar-refractivity contribution in [3.8, 4) is 0 Å². The zero-order valence-corrected chi connectivity index (χ0v) is 11.7. The van der Waals surface area contributed by atoms with Gasteiger partial charge >= 0.3 is 5.97 Å². The first-order chi connectivity index (χ1) is 8.75. The molecule has 0 aliphatic rings. The van der Waals surface area contributed by atoms with Crippen LogP contribution in [0.1, 0.15) is 39.3 Å². The molecule has 1 rings (SSSR count). The number of carbonyl (C=O) groups is 2. The predicted molar refractivity (Wildman–Crippen MR) is 68.3 cm³/mol. The van der Waals surface area contributed by atoms with Gasteiger partial charge in [0.15, 0.2) is 0 Å². The lowest BCUT2D eigenvalue weighted by atomic mass is 9.80. The van der Waals surface area contributed by atoms with Gasteiger partial charge in [-0.3, -0.25) is 9.59 Å². The molecule has 1 amide bonds. The topological polar surface area (TPSA) is 92.4 Å². The van der Waals surface area contributed by atoms with Gasteiger partial charge < -0.3 is 14.8 Å². The average Bonchev–Trinajstić information content (AvgIpc) is 2.71. The molecule has 0 saturated carbocycles. The average molecular weight is 268 g/mol. The van der Waals surface area contributed by atoms with Crippen molar-refractivity contribution in [1.82, 2.24) is 10.3 Å². The third kappa shape index (κ3) is 4.08. The minimum atomic E-state index is -1.13. The number of aromatic nitrogens is 1. The highest BCUT2D eigenvalue weighted by atomic mass is 16.4. The van der Waals surface area contributed by atoms with Gasteiger partial charge in [0, 0.05) is 6.42 Å². The minimum absolute atomic E-state index is 0.0959. The van der Waals surface area contributed by atoms with Gasteiger partial charge in [-0.25, -0.2) is 4.98 Å². The Labute approximate surface area is 112 Å². The second-order valence-corrected chi connectivity index (χ2v) is 5.43. The van der Waals surface area contributed by atoms with Crippen LogP contribution in [-0.4, -0.2) is 22.0 Å². The lowest BCUT2D eigenvalue weighted by Gasteiger charge is -2.25. The zero-order valence-electron chi connectivity index (χ0n) is 11.7. The Balaban J connectivity index is 2.65. The van der Waals surface area contributed by atoms with Crippen molar-refractivity contribution in [1.29, 1.82) is 0 Å². The molecule has 0 aliphatic heterocycles. The van der Waals surface area contributed by atoms with E-state index >= 15 is 0 Å². The molecule has 2 N–H and O–H groups in total. The van der Waals surface area contributed by atoms with E-state index in [0.29, 0.717) is 5.89 Å². The highest BCUT2D eigenvalue weighted by molar-refractivity contribution is 5.97. The molecule has 1 aromatic rings. The number of aliphatic carboxylic acids is 1. The molecule has 1 heterocycles. The number of carboxylic acid groups (broad SMARTS) is 1. The monoisotopic (exact) mass is 268 g/mol. The van der Waals surface area contributed by atoms with E-state index in [0.717, 1.165) is 12.2 Å². The molecular formula is C13H20N2O4. The maximum Gasteiger partial charge on any atom is 0.316 e. The van der Waals surface area contributed by atoms with E-state index in [9.17, 15) is 9.59 Å². The standard InChI is InChI=1S/C13H20N2O4/c1-5-8-6-14-9(19-8)7-15-11(16)10(12(17)18)13(2,3)4/h6,10H,5,7H2,1-4H3,(H,15,16)(H,17,18). The molecule has 0 aromatic carbocycles. The third-order valence-electron chi connectivity index (χ3n) is 2.74. The van der Waals surface area contributed by atoms with Gasteiger partial charge in [0.2, 0.25) is 11.8 Å². The molecule has 0 radical (unpaired) electrons. The third-order valence-corrected chi connectivity index (χ3v) is 2.74. The largest absolute Gasteiger partial charge is 0.481 e. The lowest BCUT2D eigenvalue weighted by molar-refractivity contribution is -0.151. The van der Waals surface area contributed by atoms with Gasteiger partial charge in [0.05, 0.1) is 12.7 Å². The smallest absolute Gasteiger partial charge is 0.316 e. The van der Waals surface area contributed by atoms with Crippen LogP contribution in [-0.2, 0) is 22.6 Å². The number of carbonyl (C=O) groups excluding carboxylic acids is 1. The van der Waals surface area contributed by atoms with Crippen LogP contribution in [0.25, 0.3) is 0 Å². The quantitative estimate of drug-likeness (QED) is 0.791. The number of carboxylic acids is 1. The van der Waals surface area contributed by atoms with Crippen molar-refractivity contribution in [2.24, 2.45) is 11.3 Å². The number of oxazole rings is 1. The predicted octanol–water partition coefficient (Wildman–Crippen LogP) is 1.60. The van der Waals surface area contributed by atoms with Crippen LogP contribution in [0.15, 0.2) is 10.6 Å². The van der Waals surface area contributed by atoms with Crippen LogP contribution in [0.5, 0.6) is 0 Å². The van der Waals surface area contributed by atoms with Crippen LogP contribution >= 0.6 is 0 Å². The van der Waals surface area contributed by atoms with Crippen molar-refractivity contribution in [2.75, 3.05) is 0 Å². The summed E-state index contributed by atoms with van der Waals surface area (Å²) >= 11 is 0. The molecular weight excluding hydrogens is 248 g/mol. The highest BCUT2D eigenvalue weighted by Gasteiger charge is 2.37. The van der Waals surface area contributed by atoms with Crippen LogP contribution < -0.4 is 5.32 Å². The second kappa shape index (κ2) is 5.86. The van der Waals surface area contributed by atoms with E-state index in [1.54, 1.807) is 27.0 Å². The molecule has 0 bridgehead atoms. The molecule has 1 atom stereocenters. The van der Waals surface area contributed by atoms with Crippen molar-refractivity contribution >= 4 is 11.9 Å². The van der Waals surface area contributed by atoms with Crippen LogP contribution in [0.4, 0.5) is 0 Å². The molecule has 0 saturated heterocycles. The van der Waals surface area contributed by atoms with Crippen LogP contribution in [0, 0.1) is 11.3 Å². The van der Waals surface area contributed by atoms with Gasteiger partial charge in [0.25, 0.3) is 0 Å². The first kappa shape index (κ1) is 15.2. The Morgan fingerprint density at radius 1 is 1.47 bits per heavy atom. The van der Waals surface area contributed by atoms with Gasteiger partial charge in [-0.1, -0.05) is 27.7 Å². The second-order valence-electron chi connectivity index (χ2n) is 5.43. The summed E-state index contributed by atoms with van der Waals surface area (Å²) in [7, 11) is 0. The Morgan fingerprint density at radius 2 is 2.11 bits per heavy atom. The van der Waals surface area contributed by atoms with Crippen molar-refractivity contribution in [2.45, 2.75) is 40.7 Å². The van der Waals surface area contributed by atoms with Gasteiger partial charge in [0.1, 0.15) is 11.7 Å². The normalized spacial score (nSPS) is 13.1. The molecule has 106 valence electrons.